The van der Waals surface area contributed by atoms with Crippen molar-refractivity contribution in [3.05, 3.63) is 66.1 Å². The summed E-state index contributed by atoms with van der Waals surface area (Å²) in [5.41, 5.74) is 2.49. The quantitative estimate of drug-likeness (QED) is 0.456. The summed E-state index contributed by atoms with van der Waals surface area (Å²) in [6.45, 7) is 0.459. The van der Waals surface area contributed by atoms with Crippen LogP contribution in [0.3, 0.4) is 0 Å². The summed E-state index contributed by atoms with van der Waals surface area (Å²) < 4.78 is 2.00. The van der Waals surface area contributed by atoms with Gasteiger partial charge < -0.3 is 15.0 Å². The summed E-state index contributed by atoms with van der Waals surface area (Å²) in [6.07, 6.45) is 9.26. The van der Waals surface area contributed by atoms with Crippen molar-refractivity contribution in [1.29, 1.82) is 0 Å². The van der Waals surface area contributed by atoms with Crippen molar-refractivity contribution in [1.82, 2.24) is 20.0 Å². The minimum atomic E-state index is -0.207. The zero-order valence-corrected chi connectivity index (χ0v) is 16.0. The third-order valence-corrected chi connectivity index (χ3v) is 4.99. The average Bonchev–Trinajstić information content (AvgIpc) is 3.14. The van der Waals surface area contributed by atoms with Crippen LogP contribution in [0.25, 0.3) is 5.65 Å². The first kappa shape index (κ1) is 19.5. The summed E-state index contributed by atoms with van der Waals surface area (Å²) in [6, 6.07) is 13.3. The maximum Gasteiger partial charge on any atom is 0.251 e. The van der Waals surface area contributed by atoms with E-state index in [-0.39, 0.29) is 31.3 Å². The largest absolute Gasteiger partial charge is 0.352 e. The van der Waals surface area contributed by atoms with Gasteiger partial charge in [-0.15, -0.1) is 18.2 Å². The van der Waals surface area contributed by atoms with Crippen LogP contribution in [0.15, 0.2) is 59.8 Å². The molecule has 0 aliphatic heterocycles. The highest BCUT2D eigenvalue weighted by Crippen LogP contribution is 2.23. The van der Waals surface area contributed by atoms with Crippen molar-refractivity contribution in [3.8, 4) is 12.3 Å². The van der Waals surface area contributed by atoms with Gasteiger partial charge in [0, 0.05) is 41.6 Å². The molecule has 7 heteroatoms. The Bertz CT molecular complexity index is 972. The Morgan fingerprint density at radius 3 is 2.71 bits per heavy atom. The summed E-state index contributed by atoms with van der Waals surface area (Å²) in [5, 5.41) is 5.28. The number of fused-ring (bicyclic) bond motifs is 1. The van der Waals surface area contributed by atoms with E-state index < -0.39 is 0 Å². The van der Waals surface area contributed by atoms with Crippen LogP contribution in [0.5, 0.6) is 0 Å². The highest BCUT2D eigenvalue weighted by Gasteiger charge is 2.07. The molecule has 0 fully saturated rings. The Morgan fingerprint density at radius 1 is 1.14 bits per heavy atom. The molecule has 0 saturated carbocycles. The van der Waals surface area contributed by atoms with E-state index in [2.05, 4.69) is 21.5 Å². The van der Waals surface area contributed by atoms with Crippen molar-refractivity contribution < 1.29 is 9.59 Å². The number of amides is 2. The first-order chi connectivity index (χ1) is 13.7. The van der Waals surface area contributed by atoms with Crippen LogP contribution < -0.4 is 10.6 Å². The molecule has 2 heterocycles. The van der Waals surface area contributed by atoms with Gasteiger partial charge in [0.2, 0.25) is 5.91 Å². The van der Waals surface area contributed by atoms with E-state index >= 15 is 0 Å². The molecule has 142 valence electrons. The molecule has 0 aliphatic rings. The molecule has 0 saturated heterocycles. The Hall–Kier alpha value is -3.24. The third-order valence-electron chi connectivity index (χ3n) is 3.94. The van der Waals surface area contributed by atoms with E-state index in [1.54, 1.807) is 23.9 Å². The predicted octanol–water partition coefficient (Wildman–Crippen LogP) is 2.50. The van der Waals surface area contributed by atoms with Gasteiger partial charge in [-0.2, -0.15) is 0 Å². The normalized spacial score (nSPS) is 10.4. The fourth-order valence-electron chi connectivity index (χ4n) is 2.55. The molecule has 2 amide bonds. The number of hydrogen-bond donors (Lipinski definition) is 2. The monoisotopic (exact) mass is 392 g/mol. The molecular formula is C21H20N4O2S. The first-order valence-electron chi connectivity index (χ1n) is 8.79. The molecule has 28 heavy (non-hydrogen) atoms. The Balaban J connectivity index is 1.47. The smallest absolute Gasteiger partial charge is 0.251 e. The number of hydrogen-bond acceptors (Lipinski definition) is 4. The van der Waals surface area contributed by atoms with E-state index in [1.165, 1.54) is 0 Å². The van der Waals surface area contributed by atoms with Crippen LogP contribution in [-0.4, -0.2) is 34.3 Å². The molecule has 0 aliphatic carbocycles. The van der Waals surface area contributed by atoms with Gasteiger partial charge in [-0.05, 0) is 36.4 Å². The maximum atomic E-state index is 12.1. The third kappa shape index (κ3) is 5.38. The van der Waals surface area contributed by atoms with Crippen molar-refractivity contribution in [2.75, 3.05) is 13.1 Å². The van der Waals surface area contributed by atoms with Gasteiger partial charge in [0.1, 0.15) is 5.65 Å². The molecule has 0 bridgehead atoms. The SMILES string of the molecule is C#CCNC(=O)CCNC(=O)c1ccc(SCc2cn3ccccc3n2)cc1. The summed E-state index contributed by atoms with van der Waals surface area (Å²) in [4.78, 5) is 29.2. The zero-order valence-electron chi connectivity index (χ0n) is 15.2. The van der Waals surface area contributed by atoms with E-state index in [1.807, 2.05) is 47.1 Å². The Labute approximate surface area is 167 Å². The number of thioether (sulfide) groups is 1. The number of carbonyl (C=O) groups excluding carboxylic acids is 2. The second-order valence-electron chi connectivity index (χ2n) is 6.00. The molecule has 0 radical (unpaired) electrons. The van der Waals surface area contributed by atoms with Gasteiger partial charge in [-0.25, -0.2) is 4.98 Å². The molecule has 3 aromatic rings. The molecule has 3 rings (SSSR count). The maximum absolute atomic E-state index is 12.1. The minimum Gasteiger partial charge on any atom is -0.352 e. The average molecular weight is 392 g/mol. The molecule has 0 spiro atoms. The fraction of sp³-hybridized carbons (Fsp3) is 0.190. The number of nitrogens with zero attached hydrogens (tertiary/aromatic N) is 2. The van der Waals surface area contributed by atoms with Crippen LogP contribution >= 0.6 is 11.8 Å². The highest BCUT2D eigenvalue weighted by atomic mass is 32.2. The van der Waals surface area contributed by atoms with Crippen molar-refractivity contribution >= 4 is 29.2 Å². The Kier molecular flexibility index (Phi) is 6.71. The fourth-order valence-corrected chi connectivity index (χ4v) is 3.33. The number of benzene rings is 1. The number of rotatable bonds is 8. The number of carbonyl (C=O) groups is 2. The highest BCUT2D eigenvalue weighted by molar-refractivity contribution is 7.98. The Morgan fingerprint density at radius 2 is 1.96 bits per heavy atom. The first-order valence-corrected chi connectivity index (χ1v) is 9.78. The van der Waals surface area contributed by atoms with Gasteiger partial charge in [0.15, 0.2) is 0 Å². The zero-order chi connectivity index (χ0) is 19.8. The predicted molar refractivity (Wildman–Crippen MR) is 110 cm³/mol. The van der Waals surface area contributed by atoms with Gasteiger partial charge >= 0.3 is 0 Å². The van der Waals surface area contributed by atoms with Crippen LogP contribution in [0, 0.1) is 12.3 Å². The molecule has 6 nitrogen and oxygen atoms in total. The van der Waals surface area contributed by atoms with Crippen LogP contribution in [0.2, 0.25) is 0 Å². The number of imidazole rings is 1. The number of nitrogens with one attached hydrogen (secondary N) is 2. The van der Waals surface area contributed by atoms with Gasteiger partial charge in [0.05, 0.1) is 12.2 Å². The molecule has 1 aromatic carbocycles. The lowest BCUT2D eigenvalue weighted by molar-refractivity contribution is -0.120. The number of terminal acetylenes is 1. The standard InChI is InChI=1S/C21H20N4O2S/c1-2-11-22-20(26)10-12-23-21(27)16-6-8-18(9-7-16)28-15-17-14-25-13-4-3-5-19(25)24-17/h1,3-9,13-14H,10-12,15H2,(H,22,26)(H,23,27). The molecular weight excluding hydrogens is 372 g/mol. The minimum absolute atomic E-state index is 0.183. The molecule has 2 N–H and O–H groups in total. The van der Waals surface area contributed by atoms with E-state index in [0.29, 0.717) is 5.56 Å². The molecule has 2 aromatic heterocycles. The lowest BCUT2D eigenvalue weighted by Crippen LogP contribution is -2.30. The summed E-state index contributed by atoms with van der Waals surface area (Å²) in [5.74, 6) is 2.69. The van der Waals surface area contributed by atoms with Gasteiger partial charge in [-0.1, -0.05) is 12.0 Å². The van der Waals surface area contributed by atoms with E-state index in [4.69, 9.17) is 6.42 Å². The lowest BCUT2D eigenvalue weighted by Gasteiger charge is -2.06. The van der Waals surface area contributed by atoms with Crippen molar-refractivity contribution in [2.24, 2.45) is 0 Å². The second kappa shape index (κ2) is 9.62. The summed E-state index contributed by atoms with van der Waals surface area (Å²) in [7, 11) is 0. The van der Waals surface area contributed by atoms with Gasteiger partial charge in [0.25, 0.3) is 5.91 Å². The molecule has 0 unspecified atom stereocenters. The number of aromatic nitrogens is 2. The van der Waals surface area contributed by atoms with E-state index in [0.717, 1.165) is 22.0 Å². The molecule has 0 atom stereocenters. The van der Waals surface area contributed by atoms with Crippen molar-refractivity contribution in [2.45, 2.75) is 17.1 Å². The summed E-state index contributed by atoms with van der Waals surface area (Å²) >= 11 is 1.66. The van der Waals surface area contributed by atoms with Crippen LogP contribution in [-0.2, 0) is 10.5 Å². The van der Waals surface area contributed by atoms with Crippen LogP contribution in [0.4, 0.5) is 0 Å². The topological polar surface area (TPSA) is 75.5 Å². The lowest BCUT2D eigenvalue weighted by atomic mass is 10.2. The van der Waals surface area contributed by atoms with E-state index in [9.17, 15) is 9.59 Å². The van der Waals surface area contributed by atoms with Crippen molar-refractivity contribution in [3.63, 3.8) is 0 Å². The number of pyridine rings is 1. The van der Waals surface area contributed by atoms with Crippen LogP contribution in [0.1, 0.15) is 22.5 Å². The second-order valence-corrected chi connectivity index (χ2v) is 7.05. The van der Waals surface area contributed by atoms with Gasteiger partial charge in [-0.3, -0.25) is 9.59 Å².